The van der Waals surface area contributed by atoms with Crippen molar-refractivity contribution in [2.24, 2.45) is 10.9 Å². The third kappa shape index (κ3) is 10.4. The molecule has 0 radical (unpaired) electrons. The van der Waals surface area contributed by atoms with Gasteiger partial charge in [-0.15, -0.1) is 24.0 Å². The molecule has 0 aliphatic rings. The zero-order chi connectivity index (χ0) is 18.2. The van der Waals surface area contributed by atoms with Crippen LogP contribution >= 0.6 is 24.0 Å². The largest absolute Gasteiger partial charge is 0.468 e. The van der Waals surface area contributed by atoms with Gasteiger partial charge >= 0.3 is 6.18 Å². The highest BCUT2D eigenvalue weighted by Gasteiger charge is 2.28. The molecule has 9 heteroatoms. The molecular formula is C16H26F3IN4O. The number of hydrogen-bond donors (Lipinski definition) is 2. The van der Waals surface area contributed by atoms with Gasteiger partial charge in [-0.1, -0.05) is 13.8 Å². The molecule has 1 atom stereocenters. The first-order valence-electron chi connectivity index (χ1n) is 7.90. The number of ether oxygens (including phenoxy) is 1. The molecule has 0 spiro atoms. The lowest BCUT2D eigenvalue weighted by atomic mass is 10.1. The SMILES string of the molecule is CCNC(=NCc1ccnc(OCC(F)(F)F)c1)NC(C)C(C)C.I. The van der Waals surface area contributed by atoms with Crippen molar-refractivity contribution >= 4 is 29.9 Å². The van der Waals surface area contributed by atoms with E-state index in [1.54, 1.807) is 6.07 Å². The Labute approximate surface area is 163 Å². The van der Waals surface area contributed by atoms with Gasteiger partial charge in [0.05, 0.1) is 6.54 Å². The number of pyridine rings is 1. The molecule has 1 heterocycles. The topological polar surface area (TPSA) is 58.5 Å². The number of aliphatic imine (C=N–C) groups is 1. The summed E-state index contributed by atoms with van der Waals surface area (Å²) in [5, 5.41) is 6.43. The van der Waals surface area contributed by atoms with Crippen LogP contribution in [0.25, 0.3) is 0 Å². The maximum absolute atomic E-state index is 12.2. The second-order valence-corrected chi connectivity index (χ2v) is 5.78. The molecular weight excluding hydrogens is 448 g/mol. The number of alkyl halides is 3. The Morgan fingerprint density at radius 1 is 1.32 bits per heavy atom. The lowest BCUT2D eigenvalue weighted by Crippen LogP contribution is -2.44. The Balaban J connectivity index is 0.00000576. The minimum Gasteiger partial charge on any atom is -0.468 e. The Hall–Kier alpha value is -1.26. The molecule has 0 amide bonds. The molecule has 25 heavy (non-hydrogen) atoms. The van der Waals surface area contributed by atoms with Crippen LogP contribution in [0.2, 0.25) is 0 Å². The Morgan fingerprint density at radius 3 is 2.56 bits per heavy atom. The van der Waals surface area contributed by atoms with Crippen molar-refractivity contribution in [1.29, 1.82) is 0 Å². The second-order valence-electron chi connectivity index (χ2n) is 5.78. The van der Waals surface area contributed by atoms with E-state index < -0.39 is 12.8 Å². The van der Waals surface area contributed by atoms with Crippen LogP contribution < -0.4 is 15.4 Å². The van der Waals surface area contributed by atoms with Gasteiger partial charge in [-0.2, -0.15) is 13.2 Å². The Bertz CT molecular complexity index is 538. The molecule has 5 nitrogen and oxygen atoms in total. The summed E-state index contributed by atoms with van der Waals surface area (Å²) in [6.45, 7) is 7.91. The van der Waals surface area contributed by atoms with Crippen molar-refractivity contribution in [1.82, 2.24) is 15.6 Å². The molecule has 1 aromatic rings. The number of nitrogens with one attached hydrogen (secondary N) is 2. The highest BCUT2D eigenvalue weighted by molar-refractivity contribution is 14.0. The maximum Gasteiger partial charge on any atom is 0.422 e. The molecule has 0 saturated carbocycles. The fraction of sp³-hybridized carbons (Fsp3) is 0.625. The molecule has 0 aliphatic carbocycles. The van der Waals surface area contributed by atoms with Gasteiger partial charge < -0.3 is 15.4 Å². The van der Waals surface area contributed by atoms with Crippen molar-refractivity contribution in [3.8, 4) is 5.88 Å². The average Bonchev–Trinajstić information content (AvgIpc) is 2.50. The molecule has 0 aliphatic heterocycles. The van der Waals surface area contributed by atoms with E-state index in [0.29, 0.717) is 25.0 Å². The summed E-state index contributed by atoms with van der Waals surface area (Å²) < 4.78 is 41.2. The van der Waals surface area contributed by atoms with Crippen LogP contribution in [-0.2, 0) is 6.54 Å². The number of halogens is 4. The van der Waals surface area contributed by atoms with Gasteiger partial charge in [0.1, 0.15) is 0 Å². The summed E-state index contributed by atoms with van der Waals surface area (Å²) in [5.41, 5.74) is 0.719. The number of nitrogens with zero attached hydrogens (tertiary/aromatic N) is 2. The van der Waals surface area contributed by atoms with Crippen LogP contribution in [-0.4, -0.2) is 36.3 Å². The second kappa shape index (κ2) is 11.4. The molecule has 0 aromatic carbocycles. The van der Waals surface area contributed by atoms with Gasteiger partial charge in [-0.05, 0) is 31.4 Å². The monoisotopic (exact) mass is 474 g/mol. The lowest BCUT2D eigenvalue weighted by Gasteiger charge is -2.20. The summed E-state index contributed by atoms with van der Waals surface area (Å²) in [6, 6.07) is 3.40. The molecule has 2 N–H and O–H groups in total. The zero-order valence-electron chi connectivity index (χ0n) is 14.9. The van der Waals surface area contributed by atoms with E-state index in [2.05, 4.69) is 46.1 Å². The van der Waals surface area contributed by atoms with Gasteiger partial charge in [-0.3, -0.25) is 0 Å². The van der Waals surface area contributed by atoms with E-state index in [-0.39, 0.29) is 35.9 Å². The van der Waals surface area contributed by atoms with Crippen LogP contribution in [0.1, 0.15) is 33.3 Å². The summed E-state index contributed by atoms with van der Waals surface area (Å²) in [6.07, 6.45) is -2.97. The molecule has 1 rings (SSSR count). The molecule has 1 unspecified atom stereocenters. The van der Waals surface area contributed by atoms with Gasteiger partial charge in [-0.25, -0.2) is 9.98 Å². The highest BCUT2D eigenvalue weighted by atomic mass is 127. The normalized spacial score (nSPS) is 13.2. The van der Waals surface area contributed by atoms with Crippen molar-refractivity contribution in [3.63, 3.8) is 0 Å². The summed E-state index contributed by atoms with van der Waals surface area (Å²) in [5.74, 6) is 1.04. The predicted molar refractivity (Wildman–Crippen MR) is 103 cm³/mol. The van der Waals surface area contributed by atoms with Crippen molar-refractivity contribution < 1.29 is 17.9 Å². The van der Waals surface area contributed by atoms with Crippen molar-refractivity contribution in [2.45, 2.75) is 46.5 Å². The quantitative estimate of drug-likeness (QED) is 0.359. The van der Waals surface area contributed by atoms with Crippen molar-refractivity contribution in [2.75, 3.05) is 13.2 Å². The van der Waals surface area contributed by atoms with E-state index >= 15 is 0 Å². The van der Waals surface area contributed by atoms with Gasteiger partial charge in [0.25, 0.3) is 0 Å². The Morgan fingerprint density at radius 2 is 2.00 bits per heavy atom. The smallest absolute Gasteiger partial charge is 0.422 e. The fourth-order valence-electron chi connectivity index (χ4n) is 1.66. The van der Waals surface area contributed by atoms with Crippen LogP contribution in [0.15, 0.2) is 23.3 Å². The van der Waals surface area contributed by atoms with E-state index in [1.807, 2.05) is 6.92 Å². The average molecular weight is 474 g/mol. The number of rotatable bonds is 7. The van der Waals surface area contributed by atoms with Crippen LogP contribution in [0.5, 0.6) is 5.88 Å². The molecule has 0 fully saturated rings. The third-order valence-electron chi connectivity index (χ3n) is 3.31. The van der Waals surface area contributed by atoms with Gasteiger partial charge in [0, 0.05) is 24.8 Å². The minimum absolute atomic E-state index is 0. The number of aromatic nitrogens is 1. The van der Waals surface area contributed by atoms with E-state index in [9.17, 15) is 13.2 Å². The highest BCUT2D eigenvalue weighted by Crippen LogP contribution is 2.17. The first-order chi connectivity index (χ1) is 11.2. The molecule has 144 valence electrons. The molecule has 0 bridgehead atoms. The third-order valence-corrected chi connectivity index (χ3v) is 3.31. The van der Waals surface area contributed by atoms with E-state index in [0.717, 1.165) is 5.56 Å². The predicted octanol–water partition coefficient (Wildman–Crippen LogP) is 3.74. The zero-order valence-corrected chi connectivity index (χ0v) is 17.2. The summed E-state index contributed by atoms with van der Waals surface area (Å²) in [7, 11) is 0. The van der Waals surface area contributed by atoms with Crippen molar-refractivity contribution in [3.05, 3.63) is 23.9 Å². The summed E-state index contributed by atoms with van der Waals surface area (Å²) in [4.78, 5) is 8.22. The van der Waals surface area contributed by atoms with Gasteiger partial charge in [0.15, 0.2) is 12.6 Å². The van der Waals surface area contributed by atoms with E-state index in [4.69, 9.17) is 0 Å². The Kier molecular flexibility index (Phi) is 10.8. The fourth-order valence-corrected chi connectivity index (χ4v) is 1.66. The first kappa shape index (κ1) is 23.7. The van der Waals surface area contributed by atoms with Crippen LogP contribution in [0, 0.1) is 5.92 Å². The summed E-state index contributed by atoms with van der Waals surface area (Å²) >= 11 is 0. The van der Waals surface area contributed by atoms with Gasteiger partial charge in [0.2, 0.25) is 5.88 Å². The number of hydrogen-bond acceptors (Lipinski definition) is 3. The van der Waals surface area contributed by atoms with Crippen LogP contribution in [0.3, 0.4) is 0 Å². The lowest BCUT2D eigenvalue weighted by molar-refractivity contribution is -0.154. The van der Waals surface area contributed by atoms with E-state index in [1.165, 1.54) is 12.3 Å². The minimum atomic E-state index is -4.38. The maximum atomic E-state index is 12.2. The first-order valence-corrected chi connectivity index (χ1v) is 7.90. The van der Waals surface area contributed by atoms with Crippen LogP contribution in [0.4, 0.5) is 13.2 Å². The number of guanidine groups is 1. The standard InChI is InChI=1S/C16H25F3N4O.HI/c1-5-20-15(23-12(4)11(2)3)22-9-13-6-7-21-14(8-13)24-10-16(17,18)19;/h6-8,11-12H,5,9-10H2,1-4H3,(H2,20,22,23);1H. The molecule has 1 aromatic heterocycles. The molecule has 0 saturated heterocycles.